The lowest BCUT2D eigenvalue weighted by Crippen LogP contribution is -2.35. The number of nitrogens with zero attached hydrogens (tertiary/aromatic N) is 1. The minimum atomic E-state index is 0. The van der Waals surface area contributed by atoms with Gasteiger partial charge in [-0.05, 0) is 39.3 Å². The Morgan fingerprint density at radius 2 is 2.19 bits per heavy atom. The second-order valence-electron chi connectivity index (χ2n) is 4.66. The molecule has 1 saturated heterocycles. The molecule has 0 bridgehead atoms. The van der Waals surface area contributed by atoms with Gasteiger partial charge in [-0.2, -0.15) is 0 Å². The first-order valence-corrected chi connectivity index (χ1v) is 6.21. The second kappa shape index (κ2) is 9.23. The van der Waals surface area contributed by atoms with Crippen LogP contribution in [0.2, 0.25) is 0 Å². The zero-order chi connectivity index (χ0) is 11.1. The maximum atomic E-state index is 5.69. The van der Waals surface area contributed by atoms with Gasteiger partial charge in [0.2, 0.25) is 0 Å². The van der Waals surface area contributed by atoms with Gasteiger partial charge in [-0.1, -0.05) is 6.92 Å². The highest BCUT2D eigenvalue weighted by molar-refractivity contribution is 5.85. The summed E-state index contributed by atoms with van der Waals surface area (Å²) in [6.07, 6.45) is 4.17. The molecule has 0 radical (unpaired) electrons. The van der Waals surface area contributed by atoms with E-state index in [1.165, 1.54) is 19.4 Å². The summed E-state index contributed by atoms with van der Waals surface area (Å²) >= 11 is 0. The molecule has 0 amide bonds. The highest BCUT2D eigenvalue weighted by Crippen LogP contribution is 2.22. The summed E-state index contributed by atoms with van der Waals surface area (Å²) in [7, 11) is 4.23. The molecule has 0 aromatic carbocycles. The van der Waals surface area contributed by atoms with Gasteiger partial charge in [0.1, 0.15) is 0 Å². The molecule has 0 spiro atoms. The van der Waals surface area contributed by atoms with E-state index in [0.717, 1.165) is 32.0 Å². The first kappa shape index (κ1) is 16.2. The van der Waals surface area contributed by atoms with Crippen LogP contribution in [0.5, 0.6) is 0 Å². The molecule has 1 aliphatic heterocycles. The number of hydrogen-bond acceptors (Lipinski definition) is 3. The Hall–Kier alpha value is 0.170. The fourth-order valence-corrected chi connectivity index (χ4v) is 2.24. The monoisotopic (exact) mass is 250 g/mol. The van der Waals surface area contributed by atoms with Crippen molar-refractivity contribution in [3.63, 3.8) is 0 Å². The quantitative estimate of drug-likeness (QED) is 0.778. The maximum absolute atomic E-state index is 5.69. The molecule has 4 heteroatoms. The molecule has 1 heterocycles. The van der Waals surface area contributed by atoms with Crippen molar-refractivity contribution in [3.8, 4) is 0 Å². The van der Waals surface area contributed by atoms with Gasteiger partial charge in [-0.25, -0.2) is 0 Å². The van der Waals surface area contributed by atoms with Gasteiger partial charge in [0.25, 0.3) is 0 Å². The van der Waals surface area contributed by atoms with E-state index in [-0.39, 0.29) is 12.4 Å². The predicted molar refractivity (Wildman–Crippen MR) is 71.4 cm³/mol. The highest BCUT2D eigenvalue weighted by Gasteiger charge is 2.21. The molecule has 1 aliphatic rings. The third-order valence-electron chi connectivity index (χ3n) is 3.24. The van der Waals surface area contributed by atoms with Crippen molar-refractivity contribution in [2.45, 2.75) is 32.3 Å². The van der Waals surface area contributed by atoms with E-state index in [1.54, 1.807) is 0 Å². The summed E-state index contributed by atoms with van der Waals surface area (Å²) < 4.78 is 5.69. The Morgan fingerprint density at radius 3 is 2.81 bits per heavy atom. The van der Waals surface area contributed by atoms with E-state index in [1.807, 2.05) is 7.05 Å². The van der Waals surface area contributed by atoms with Crippen LogP contribution >= 0.6 is 12.4 Å². The third-order valence-corrected chi connectivity index (χ3v) is 3.24. The van der Waals surface area contributed by atoms with E-state index >= 15 is 0 Å². The molecule has 0 aromatic rings. The lowest BCUT2D eigenvalue weighted by atomic mass is 9.94. The third kappa shape index (κ3) is 6.04. The molecular formula is C12H27ClN2O. The van der Waals surface area contributed by atoms with Crippen molar-refractivity contribution < 1.29 is 4.74 Å². The fraction of sp³-hybridized carbons (Fsp3) is 1.00. The summed E-state index contributed by atoms with van der Waals surface area (Å²) in [5.41, 5.74) is 0. The van der Waals surface area contributed by atoms with Crippen molar-refractivity contribution in [2.24, 2.45) is 5.92 Å². The van der Waals surface area contributed by atoms with Crippen LogP contribution in [0, 0.1) is 5.92 Å². The second-order valence-corrected chi connectivity index (χ2v) is 4.66. The van der Waals surface area contributed by atoms with Gasteiger partial charge >= 0.3 is 0 Å². The van der Waals surface area contributed by atoms with Crippen LogP contribution in [0.4, 0.5) is 0 Å². The molecule has 1 fully saturated rings. The summed E-state index contributed by atoms with van der Waals surface area (Å²) in [5.74, 6) is 0.838. The summed E-state index contributed by atoms with van der Waals surface area (Å²) in [5, 5.41) is 3.19. The molecule has 2 unspecified atom stereocenters. The van der Waals surface area contributed by atoms with E-state index in [2.05, 4.69) is 24.2 Å². The van der Waals surface area contributed by atoms with E-state index in [4.69, 9.17) is 4.74 Å². The van der Waals surface area contributed by atoms with Gasteiger partial charge < -0.3 is 15.0 Å². The number of halogens is 1. The van der Waals surface area contributed by atoms with Crippen LogP contribution in [0.15, 0.2) is 0 Å². The number of hydrogen-bond donors (Lipinski definition) is 1. The number of nitrogens with one attached hydrogen (secondary N) is 1. The smallest absolute Gasteiger partial charge is 0.0575 e. The molecule has 16 heavy (non-hydrogen) atoms. The minimum absolute atomic E-state index is 0. The number of likely N-dealkylation sites (N-methyl/N-ethyl adjacent to an activating group) is 2. The van der Waals surface area contributed by atoms with Crippen LogP contribution in [0.25, 0.3) is 0 Å². The number of rotatable bonds is 6. The Labute approximate surface area is 106 Å². The van der Waals surface area contributed by atoms with Gasteiger partial charge in [0.05, 0.1) is 6.10 Å². The molecule has 98 valence electrons. The molecule has 0 aromatic heterocycles. The first-order valence-electron chi connectivity index (χ1n) is 6.21. The summed E-state index contributed by atoms with van der Waals surface area (Å²) in [4.78, 5) is 2.43. The average Bonchev–Trinajstić information content (AvgIpc) is 2.26. The number of ether oxygens (including phenoxy) is 1. The maximum Gasteiger partial charge on any atom is 0.0575 e. The van der Waals surface area contributed by atoms with E-state index in [0.29, 0.717) is 6.10 Å². The van der Waals surface area contributed by atoms with Crippen LogP contribution in [-0.2, 0) is 4.74 Å². The van der Waals surface area contributed by atoms with Crippen LogP contribution in [-0.4, -0.2) is 51.3 Å². The molecule has 1 rings (SSSR count). The Bertz CT molecular complexity index is 169. The molecule has 0 aliphatic carbocycles. The summed E-state index contributed by atoms with van der Waals surface area (Å²) in [6, 6.07) is 0. The predicted octanol–water partition coefficient (Wildman–Crippen LogP) is 1.76. The Morgan fingerprint density at radius 1 is 1.44 bits per heavy atom. The largest absolute Gasteiger partial charge is 0.378 e. The standard InChI is InChI=1S/C12H26N2O.ClH/c1-4-12-9-11(5-8-15-12)10-14(3)7-6-13-2;/h11-13H,4-10H2,1-3H3;1H. The molecule has 0 saturated carbocycles. The Kier molecular flexibility index (Phi) is 9.32. The van der Waals surface area contributed by atoms with Crippen molar-refractivity contribution in [1.29, 1.82) is 0 Å². The van der Waals surface area contributed by atoms with Gasteiger partial charge in [0.15, 0.2) is 0 Å². The van der Waals surface area contributed by atoms with Crippen molar-refractivity contribution in [2.75, 3.05) is 40.3 Å². The average molecular weight is 251 g/mol. The van der Waals surface area contributed by atoms with Crippen LogP contribution in [0.3, 0.4) is 0 Å². The molecule has 1 N–H and O–H groups in total. The van der Waals surface area contributed by atoms with E-state index in [9.17, 15) is 0 Å². The lowest BCUT2D eigenvalue weighted by molar-refractivity contribution is -0.0160. The molecular weight excluding hydrogens is 224 g/mol. The van der Waals surface area contributed by atoms with Crippen LogP contribution in [0.1, 0.15) is 26.2 Å². The molecule has 2 atom stereocenters. The zero-order valence-electron chi connectivity index (χ0n) is 10.9. The van der Waals surface area contributed by atoms with E-state index < -0.39 is 0 Å². The van der Waals surface area contributed by atoms with Gasteiger partial charge in [0, 0.05) is 26.2 Å². The lowest BCUT2D eigenvalue weighted by Gasteiger charge is -2.31. The summed E-state index contributed by atoms with van der Waals surface area (Å²) in [6.45, 7) is 6.63. The normalized spacial score (nSPS) is 25.5. The highest BCUT2D eigenvalue weighted by atomic mass is 35.5. The SMILES string of the molecule is CCC1CC(CN(C)CCNC)CCO1.Cl. The first-order chi connectivity index (χ1) is 7.26. The van der Waals surface area contributed by atoms with Gasteiger partial charge in [-0.3, -0.25) is 0 Å². The zero-order valence-corrected chi connectivity index (χ0v) is 11.7. The molecule has 3 nitrogen and oxygen atoms in total. The van der Waals surface area contributed by atoms with Crippen molar-refractivity contribution in [1.82, 2.24) is 10.2 Å². The van der Waals surface area contributed by atoms with Crippen molar-refractivity contribution in [3.05, 3.63) is 0 Å². The van der Waals surface area contributed by atoms with Crippen molar-refractivity contribution >= 4 is 12.4 Å². The van der Waals surface area contributed by atoms with Crippen LogP contribution < -0.4 is 5.32 Å². The fourth-order valence-electron chi connectivity index (χ4n) is 2.24. The Balaban J connectivity index is 0.00000225. The van der Waals surface area contributed by atoms with Gasteiger partial charge in [-0.15, -0.1) is 12.4 Å². The minimum Gasteiger partial charge on any atom is -0.378 e. The topological polar surface area (TPSA) is 24.5 Å².